The molecule has 0 saturated heterocycles. The number of aromatic nitrogens is 1. The number of nitrogens with zero attached hydrogens (tertiary/aromatic N) is 1. The van der Waals surface area contributed by atoms with Crippen molar-refractivity contribution in [3.05, 3.63) is 52.0 Å². The Morgan fingerprint density at radius 3 is 2.29 bits per heavy atom. The molecule has 1 aromatic heterocycles. The van der Waals surface area contributed by atoms with Gasteiger partial charge in [-0.3, -0.25) is 0 Å². The molecule has 1 aromatic carbocycles. The summed E-state index contributed by atoms with van der Waals surface area (Å²) in [6.07, 6.45) is -5.34. The van der Waals surface area contributed by atoms with Crippen molar-refractivity contribution in [3.63, 3.8) is 0 Å². The van der Waals surface area contributed by atoms with E-state index in [1.165, 1.54) is 23.5 Å². The van der Waals surface area contributed by atoms with Gasteiger partial charge in [0, 0.05) is 5.38 Å². The van der Waals surface area contributed by atoms with Crippen LogP contribution in [0.1, 0.15) is 22.9 Å². The van der Waals surface area contributed by atoms with Gasteiger partial charge >= 0.3 is 6.18 Å². The Kier molecular flexibility index (Phi) is 3.17. The molecule has 2 nitrogen and oxygen atoms in total. The summed E-state index contributed by atoms with van der Waals surface area (Å²) < 4.78 is 37.0. The summed E-state index contributed by atoms with van der Waals surface area (Å²) in [6.45, 7) is 0. The van der Waals surface area contributed by atoms with E-state index < -0.39 is 17.8 Å². The van der Waals surface area contributed by atoms with Crippen molar-refractivity contribution in [3.8, 4) is 0 Å². The van der Waals surface area contributed by atoms with E-state index >= 15 is 0 Å². The topological polar surface area (TPSA) is 33.1 Å². The average molecular weight is 259 g/mol. The largest absolute Gasteiger partial charge is 0.416 e. The average Bonchev–Trinajstić information content (AvgIpc) is 2.80. The predicted molar refractivity (Wildman–Crippen MR) is 57.6 cm³/mol. The molecule has 90 valence electrons. The van der Waals surface area contributed by atoms with Crippen molar-refractivity contribution < 1.29 is 18.3 Å². The molecule has 0 amide bonds. The second kappa shape index (κ2) is 4.46. The summed E-state index contributed by atoms with van der Waals surface area (Å²) in [7, 11) is 0. The first-order valence-electron chi connectivity index (χ1n) is 4.72. The number of aliphatic hydroxyl groups excluding tert-OH is 1. The third-order valence-corrected chi connectivity index (χ3v) is 2.89. The van der Waals surface area contributed by atoms with Crippen LogP contribution in [0.2, 0.25) is 0 Å². The van der Waals surface area contributed by atoms with Gasteiger partial charge in [-0.15, -0.1) is 11.3 Å². The molecule has 0 aliphatic heterocycles. The van der Waals surface area contributed by atoms with Crippen molar-refractivity contribution in [1.29, 1.82) is 0 Å². The van der Waals surface area contributed by atoms with E-state index in [2.05, 4.69) is 4.98 Å². The van der Waals surface area contributed by atoms with Gasteiger partial charge in [-0.05, 0) is 17.7 Å². The molecule has 6 heteroatoms. The summed E-state index contributed by atoms with van der Waals surface area (Å²) >= 11 is 1.32. The minimum Gasteiger partial charge on any atom is -0.382 e. The number of rotatable bonds is 2. The number of alkyl halides is 3. The maximum atomic E-state index is 12.3. The van der Waals surface area contributed by atoms with Gasteiger partial charge in [-0.25, -0.2) is 4.98 Å². The fraction of sp³-hybridized carbons (Fsp3) is 0.182. The summed E-state index contributed by atoms with van der Waals surface area (Å²) in [5.74, 6) is 0. The molecule has 0 spiro atoms. The fourth-order valence-electron chi connectivity index (χ4n) is 1.38. The van der Waals surface area contributed by atoms with E-state index in [0.29, 0.717) is 11.3 Å². The SMILES string of the molecule is OC(c1ccc(C(F)(F)F)cc1)c1cscn1. The van der Waals surface area contributed by atoms with E-state index in [0.717, 1.165) is 12.1 Å². The minimum absolute atomic E-state index is 0.393. The number of hydrogen-bond donors (Lipinski definition) is 1. The molecule has 17 heavy (non-hydrogen) atoms. The monoisotopic (exact) mass is 259 g/mol. The van der Waals surface area contributed by atoms with Gasteiger partial charge in [0.2, 0.25) is 0 Å². The van der Waals surface area contributed by atoms with Gasteiger partial charge in [-0.1, -0.05) is 12.1 Å². The molecule has 0 bridgehead atoms. The number of thiazole rings is 1. The zero-order chi connectivity index (χ0) is 12.5. The van der Waals surface area contributed by atoms with Gasteiger partial charge < -0.3 is 5.11 Å². The normalized spacial score (nSPS) is 13.6. The molecule has 2 rings (SSSR count). The van der Waals surface area contributed by atoms with Crippen LogP contribution in [0.15, 0.2) is 35.2 Å². The Morgan fingerprint density at radius 1 is 1.18 bits per heavy atom. The lowest BCUT2D eigenvalue weighted by molar-refractivity contribution is -0.137. The van der Waals surface area contributed by atoms with E-state index in [1.807, 2.05) is 0 Å². The molecule has 2 aromatic rings. The maximum Gasteiger partial charge on any atom is 0.416 e. The molecule has 1 N–H and O–H groups in total. The lowest BCUT2D eigenvalue weighted by atomic mass is 10.1. The molecule has 0 saturated carbocycles. The highest BCUT2D eigenvalue weighted by atomic mass is 32.1. The number of aliphatic hydroxyl groups is 1. The lowest BCUT2D eigenvalue weighted by Gasteiger charge is -2.10. The van der Waals surface area contributed by atoms with Crippen LogP contribution in [-0.4, -0.2) is 10.1 Å². The molecule has 1 unspecified atom stereocenters. The number of benzene rings is 1. The van der Waals surface area contributed by atoms with Crippen LogP contribution in [0.4, 0.5) is 13.2 Å². The highest BCUT2D eigenvalue weighted by molar-refractivity contribution is 7.07. The van der Waals surface area contributed by atoms with Gasteiger partial charge in [0.25, 0.3) is 0 Å². The van der Waals surface area contributed by atoms with Gasteiger partial charge in [0.05, 0.1) is 16.8 Å². The van der Waals surface area contributed by atoms with Crippen molar-refractivity contribution in [2.75, 3.05) is 0 Å². The second-order valence-electron chi connectivity index (χ2n) is 3.44. The molecular formula is C11H8F3NOS. The molecule has 1 heterocycles. The van der Waals surface area contributed by atoms with E-state index in [9.17, 15) is 18.3 Å². The zero-order valence-corrected chi connectivity index (χ0v) is 9.29. The maximum absolute atomic E-state index is 12.3. The molecular weight excluding hydrogens is 251 g/mol. The van der Waals surface area contributed by atoms with Crippen LogP contribution in [0.5, 0.6) is 0 Å². The highest BCUT2D eigenvalue weighted by Crippen LogP contribution is 2.30. The first kappa shape index (κ1) is 12.1. The summed E-state index contributed by atoms with van der Waals surface area (Å²) in [5.41, 5.74) is 1.66. The predicted octanol–water partition coefficient (Wildman–Crippen LogP) is 3.24. The van der Waals surface area contributed by atoms with Crippen molar-refractivity contribution >= 4 is 11.3 Å². The Hall–Kier alpha value is -1.40. The first-order chi connectivity index (χ1) is 7.98. The zero-order valence-electron chi connectivity index (χ0n) is 8.48. The molecule has 0 aliphatic carbocycles. The molecule has 0 fully saturated rings. The third kappa shape index (κ3) is 2.65. The number of halogens is 3. The summed E-state index contributed by atoms with van der Waals surface area (Å²) in [4.78, 5) is 3.91. The third-order valence-electron chi connectivity index (χ3n) is 2.29. The van der Waals surface area contributed by atoms with Gasteiger partial charge in [-0.2, -0.15) is 13.2 Å². The summed E-state index contributed by atoms with van der Waals surface area (Å²) in [5, 5.41) is 11.5. The fourth-order valence-corrected chi connectivity index (χ4v) is 1.95. The van der Waals surface area contributed by atoms with Crippen LogP contribution in [0, 0.1) is 0 Å². The molecule has 0 aliphatic rings. The molecule has 1 atom stereocenters. The minimum atomic E-state index is -4.36. The Labute approximate surface area is 99.4 Å². The highest BCUT2D eigenvalue weighted by Gasteiger charge is 2.30. The second-order valence-corrected chi connectivity index (χ2v) is 4.15. The summed E-state index contributed by atoms with van der Waals surface area (Å²) in [6, 6.07) is 4.41. The van der Waals surface area contributed by atoms with Crippen molar-refractivity contribution in [1.82, 2.24) is 4.98 Å². The Balaban J connectivity index is 2.24. The van der Waals surface area contributed by atoms with Crippen LogP contribution in [0.3, 0.4) is 0 Å². The van der Waals surface area contributed by atoms with Gasteiger partial charge in [0.1, 0.15) is 6.10 Å². The standard InChI is InChI=1S/C11H8F3NOS/c12-11(13,14)8-3-1-7(2-4-8)10(16)9-5-17-6-15-9/h1-6,10,16H. The number of hydrogen-bond acceptors (Lipinski definition) is 3. The van der Waals surface area contributed by atoms with Crippen molar-refractivity contribution in [2.24, 2.45) is 0 Å². The van der Waals surface area contributed by atoms with Crippen LogP contribution in [-0.2, 0) is 6.18 Å². The van der Waals surface area contributed by atoms with E-state index in [4.69, 9.17) is 0 Å². The van der Waals surface area contributed by atoms with Gasteiger partial charge in [0.15, 0.2) is 0 Å². The van der Waals surface area contributed by atoms with Crippen LogP contribution >= 0.6 is 11.3 Å². The van der Waals surface area contributed by atoms with E-state index in [-0.39, 0.29) is 0 Å². The van der Waals surface area contributed by atoms with Crippen LogP contribution < -0.4 is 0 Å². The van der Waals surface area contributed by atoms with Crippen molar-refractivity contribution in [2.45, 2.75) is 12.3 Å². The lowest BCUT2D eigenvalue weighted by Crippen LogP contribution is -2.06. The smallest absolute Gasteiger partial charge is 0.382 e. The van der Waals surface area contributed by atoms with E-state index in [1.54, 1.807) is 10.9 Å². The first-order valence-corrected chi connectivity index (χ1v) is 5.66. The molecule has 0 radical (unpaired) electrons. The van der Waals surface area contributed by atoms with Crippen LogP contribution in [0.25, 0.3) is 0 Å². The quantitative estimate of drug-likeness (QED) is 0.898. The Morgan fingerprint density at radius 2 is 1.82 bits per heavy atom. The Bertz CT molecular complexity index is 478.